The molecule has 0 aliphatic carbocycles. The summed E-state index contributed by atoms with van der Waals surface area (Å²) in [6, 6.07) is 0. The highest BCUT2D eigenvalue weighted by Gasteiger charge is 2.28. The molecular weight excluding hydrogens is 246 g/mol. The van der Waals surface area contributed by atoms with Gasteiger partial charge in [-0.25, -0.2) is 4.98 Å². The molecule has 1 amide bonds. The van der Waals surface area contributed by atoms with Gasteiger partial charge in [0.25, 0.3) is 5.91 Å². The van der Waals surface area contributed by atoms with Crippen molar-refractivity contribution >= 4 is 5.91 Å². The van der Waals surface area contributed by atoms with Gasteiger partial charge in [-0.3, -0.25) is 14.8 Å². The van der Waals surface area contributed by atoms with Gasteiger partial charge in [0.2, 0.25) is 0 Å². The number of nitrogens with zero attached hydrogens (tertiary/aromatic N) is 4. The van der Waals surface area contributed by atoms with E-state index >= 15 is 0 Å². The number of hydrogen-bond acceptors (Lipinski definition) is 5. The summed E-state index contributed by atoms with van der Waals surface area (Å²) >= 11 is 0. The van der Waals surface area contributed by atoms with Crippen LogP contribution in [-0.2, 0) is 22.5 Å². The molecule has 0 spiro atoms. The van der Waals surface area contributed by atoms with Gasteiger partial charge in [-0.1, -0.05) is 6.92 Å². The Balaban J connectivity index is 1.92. The minimum absolute atomic E-state index is 0.0107. The van der Waals surface area contributed by atoms with Crippen molar-refractivity contribution in [1.82, 2.24) is 25.0 Å². The quantitative estimate of drug-likeness (QED) is 0.807. The van der Waals surface area contributed by atoms with Gasteiger partial charge in [0.1, 0.15) is 17.8 Å². The summed E-state index contributed by atoms with van der Waals surface area (Å²) in [5, 5.41) is 7.05. The SMILES string of the molecule is CCc1n[nH]c(CN2CCO[C@H](C(=O)N(C)C)C2)n1. The number of carbonyl (C=O) groups is 1. The molecule has 2 rings (SSSR count). The molecule has 106 valence electrons. The first-order valence-corrected chi connectivity index (χ1v) is 6.55. The predicted molar refractivity (Wildman–Crippen MR) is 69.5 cm³/mol. The predicted octanol–water partition coefficient (Wildman–Crippen LogP) is -0.344. The lowest BCUT2D eigenvalue weighted by Gasteiger charge is -2.32. The number of aryl methyl sites for hydroxylation is 1. The van der Waals surface area contributed by atoms with E-state index in [0.29, 0.717) is 19.7 Å². The highest BCUT2D eigenvalue weighted by atomic mass is 16.5. The van der Waals surface area contributed by atoms with Gasteiger partial charge in [0.05, 0.1) is 13.2 Å². The lowest BCUT2D eigenvalue weighted by Crippen LogP contribution is -2.49. The summed E-state index contributed by atoms with van der Waals surface area (Å²) < 4.78 is 5.52. The molecule has 2 heterocycles. The molecule has 1 N–H and O–H groups in total. The molecule has 7 heteroatoms. The van der Waals surface area contributed by atoms with Crippen molar-refractivity contribution < 1.29 is 9.53 Å². The normalized spacial score (nSPS) is 20.5. The van der Waals surface area contributed by atoms with Crippen LogP contribution in [0.3, 0.4) is 0 Å². The highest BCUT2D eigenvalue weighted by Crippen LogP contribution is 2.10. The van der Waals surface area contributed by atoms with Crippen molar-refractivity contribution in [2.75, 3.05) is 33.8 Å². The Labute approximate surface area is 112 Å². The summed E-state index contributed by atoms with van der Waals surface area (Å²) in [6.07, 6.45) is 0.443. The number of morpholine rings is 1. The van der Waals surface area contributed by atoms with Crippen molar-refractivity contribution in [3.05, 3.63) is 11.6 Å². The second kappa shape index (κ2) is 6.12. The van der Waals surface area contributed by atoms with Gasteiger partial charge >= 0.3 is 0 Å². The number of aromatic amines is 1. The number of carbonyl (C=O) groups excluding carboxylic acids is 1. The minimum Gasteiger partial charge on any atom is -0.366 e. The summed E-state index contributed by atoms with van der Waals surface area (Å²) in [5.41, 5.74) is 0. The fourth-order valence-corrected chi connectivity index (χ4v) is 2.06. The number of hydrogen-bond donors (Lipinski definition) is 1. The molecule has 0 aromatic carbocycles. The van der Waals surface area contributed by atoms with Gasteiger partial charge in [0, 0.05) is 33.6 Å². The molecule has 1 aromatic rings. The number of H-pyrrole nitrogens is 1. The molecule has 0 bridgehead atoms. The third-order valence-electron chi connectivity index (χ3n) is 3.13. The monoisotopic (exact) mass is 267 g/mol. The summed E-state index contributed by atoms with van der Waals surface area (Å²) in [5.74, 6) is 1.68. The van der Waals surface area contributed by atoms with Crippen molar-refractivity contribution in [3.8, 4) is 0 Å². The van der Waals surface area contributed by atoms with E-state index in [2.05, 4.69) is 20.1 Å². The Bertz CT molecular complexity index is 432. The van der Waals surface area contributed by atoms with Crippen LogP contribution < -0.4 is 0 Å². The Kier molecular flexibility index (Phi) is 4.49. The number of rotatable bonds is 4. The van der Waals surface area contributed by atoms with Crippen LogP contribution in [0.25, 0.3) is 0 Å². The Morgan fingerprint density at radius 3 is 3.00 bits per heavy atom. The van der Waals surface area contributed by atoms with E-state index in [4.69, 9.17) is 4.74 Å². The molecule has 1 fully saturated rings. The lowest BCUT2D eigenvalue weighted by atomic mass is 10.2. The largest absolute Gasteiger partial charge is 0.366 e. The van der Waals surface area contributed by atoms with E-state index in [1.807, 2.05) is 6.92 Å². The van der Waals surface area contributed by atoms with Crippen LogP contribution in [0.15, 0.2) is 0 Å². The van der Waals surface area contributed by atoms with E-state index < -0.39 is 0 Å². The molecule has 19 heavy (non-hydrogen) atoms. The van der Waals surface area contributed by atoms with Crippen molar-refractivity contribution in [3.63, 3.8) is 0 Å². The van der Waals surface area contributed by atoms with Gasteiger partial charge in [-0.05, 0) is 0 Å². The molecule has 0 saturated carbocycles. The molecular formula is C12H21N5O2. The number of ether oxygens (including phenoxy) is 1. The van der Waals surface area contributed by atoms with Crippen molar-refractivity contribution in [1.29, 1.82) is 0 Å². The number of aromatic nitrogens is 3. The third kappa shape index (κ3) is 3.51. The van der Waals surface area contributed by atoms with E-state index in [1.165, 1.54) is 0 Å². The van der Waals surface area contributed by atoms with Crippen molar-refractivity contribution in [2.24, 2.45) is 0 Å². The molecule has 1 aliphatic rings. The van der Waals surface area contributed by atoms with E-state index in [1.54, 1.807) is 19.0 Å². The smallest absolute Gasteiger partial charge is 0.252 e. The topological polar surface area (TPSA) is 74.4 Å². The van der Waals surface area contributed by atoms with E-state index in [0.717, 1.165) is 24.6 Å². The third-order valence-corrected chi connectivity index (χ3v) is 3.13. The lowest BCUT2D eigenvalue weighted by molar-refractivity contribution is -0.147. The molecule has 1 saturated heterocycles. The van der Waals surface area contributed by atoms with Gasteiger partial charge in [-0.2, -0.15) is 5.10 Å². The molecule has 1 atom stereocenters. The van der Waals surface area contributed by atoms with E-state index in [9.17, 15) is 4.79 Å². The first kappa shape index (κ1) is 14.0. The molecule has 0 unspecified atom stereocenters. The first-order chi connectivity index (χ1) is 9.10. The number of likely N-dealkylation sites (N-methyl/N-ethyl adjacent to an activating group) is 1. The zero-order valence-electron chi connectivity index (χ0n) is 11.7. The van der Waals surface area contributed by atoms with Gasteiger partial charge in [0.15, 0.2) is 0 Å². The molecule has 1 aliphatic heterocycles. The highest BCUT2D eigenvalue weighted by molar-refractivity contribution is 5.80. The fourth-order valence-electron chi connectivity index (χ4n) is 2.06. The Hall–Kier alpha value is -1.47. The number of nitrogens with one attached hydrogen (secondary N) is 1. The average Bonchev–Trinajstić information content (AvgIpc) is 2.85. The van der Waals surface area contributed by atoms with E-state index in [-0.39, 0.29) is 12.0 Å². The van der Waals surface area contributed by atoms with Crippen LogP contribution >= 0.6 is 0 Å². The van der Waals surface area contributed by atoms with Crippen LogP contribution in [0.4, 0.5) is 0 Å². The van der Waals surface area contributed by atoms with Gasteiger partial charge < -0.3 is 9.64 Å². The zero-order chi connectivity index (χ0) is 13.8. The van der Waals surface area contributed by atoms with Crippen LogP contribution in [0.1, 0.15) is 18.6 Å². The van der Waals surface area contributed by atoms with Gasteiger partial charge in [-0.15, -0.1) is 0 Å². The van der Waals surface area contributed by atoms with Crippen LogP contribution in [0, 0.1) is 0 Å². The summed E-state index contributed by atoms with van der Waals surface area (Å²) in [4.78, 5) is 20.0. The molecule has 7 nitrogen and oxygen atoms in total. The second-order valence-electron chi connectivity index (χ2n) is 4.88. The fraction of sp³-hybridized carbons (Fsp3) is 0.750. The minimum atomic E-state index is -0.377. The first-order valence-electron chi connectivity index (χ1n) is 6.55. The number of amides is 1. The standard InChI is InChI=1S/C12H21N5O2/c1-4-10-13-11(15-14-10)8-17-5-6-19-9(7-17)12(18)16(2)3/h9H,4-8H2,1-3H3,(H,13,14,15)/t9-/m0/s1. The molecule has 1 aromatic heterocycles. The Morgan fingerprint density at radius 1 is 1.58 bits per heavy atom. The maximum atomic E-state index is 11.9. The van der Waals surface area contributed by atoms with Crippen molar-refractivity contribution in [2.45, 2.75) is 26.0 Å². The van der Waals surface area contributed by atoms with Crippen LogP contribution in [0.2, 0.25) is 0 Å². The average molecular weight is 267 g/mol. The van der Waals surface area contributed by atoms with Crippen LogP contribution in [0.5, 0.6) is 0 Å². The van der Waals surface area contributed by atoms with Crippen LogP contribution in [-0.4, -0.2) is 70.8 Å². The zero-order valence-corrected chi connectivity index (χ0v) is 11.7. The maximum Gasteiger partial charge on any atom is 0.252 e. The maximum absolute atomic E-state index is 11.9. The summed E-state index contributed by atoms with van der Waals surface area (Å²) in [6.45, 7) is 4.67. The second-order valence-corrected chi connectivity index (χ2v) is 4.88. The molecule has 0 radical (unpaired) electrons. The summed E-state index contributed by atoms with van der Waals surface area (Å²) in [7, 11) is 3.49. The Morgan fingerprint density at radius 2 is 2.37 bits per heavy atom.